The molecule has 2 atom stereocenters. The predicted octanol–water partition coefficient (Wildman–Crippen LogP) is 2.96. The topological polar surface area (TPSA) is 102 Å². The Balaban J connectivity index is 1.02. The van der Waals surface area contributed by atoms with Crippen molar-refractivity contribution in [2.24, 2.45) is 0 Å². The summed E-state index contributed by atoms with van der Waals surface area (Å²) in [5.41, 5.74) is 2.36. The standard InChI is InChI=1S/C26H25FN4O5/c27-19-6-3-15-4-8-23(33)31-12-16(24(19)25(15)31)11-28-9-1-2-18-13-30(26(34)36-18)17-5-7-21-20(10-17)29-22(32)14-35-21/h3-8,10,16,18,28H,1-2,9,11-14H2,(H,29,32)/t16-,18+/m0/s1. The van der Waals surface area contributed by atoms with Gasteiger partial charge in [0.25, 0.3) is 11.5 Å². The van der Waals surface area contributed by atoms with Gasteiger partial charge in [0.2, 0.25) is 0 Å². The lowest BCUT2D eigenvalue weighted by Crippen LogP contribution is -2.28. The van der Waals surface area contributed by atoms with Crippen LogP contribution in [0, 0.1) is 5.82 Å². The van der Waals surface area contributed by atoms with Crippen LogP contribution >= 0.6 is 0 Å². The highest BCUT2D eigenvalue weighted by molar-refractivity contribution is 5.97. The Morgan fingerprint density at radius 3 is 2.83 bits per heavy atom. The number of carbonyl (C=O) groups excluding carboxylic acids is 2. The normalized spacial score (nSPS) is 20.3. The summed E-state index contributed by atoms with van der Waals surface area (Å²) in [4.78, 5) is 37.8. The molecule has 1 saturated heterocycles. The van der Waals surface area contributed by atoms with Gasteiger partial charge in [-0.3, -0.25) is 14.5 Å². The molecule has 0 bridgehead atoms. The number of rotatable bonds is 7. The van der Waals surface area contributed by atoms with Gasteiger partial charge in [-0.25, -0.2) is 9.18 Å². The lowest BCUT2D eigenvalue weighted by Gasteiger charge is -2.20. The number of amides is 2. The largest absolute Gasteiger partial charge is 0.482 e. The summed E-state index contributed by atoms with van der Waals surface area (Å²) < 4.78 is 27.2. The number of carbonyl (C=O) groups is 2. The zero-order chi connectivity index (χ0) is 24.8. The number of anilines is 2. The molecule has 0 radical (unpaired) electrons. The second-order valence-corrected chi connectivity index (χ2v) is 9.36. The highest BCUT2D eigenvalue weighted by Gasteiger charge is 2.33. The van der Waals surface area contributed by atoms with Crippen LogP contribution < -0.4 is 25.8 Å². The van der Waals surface area contributed by atoms with Crippen LogP contribution in [0.1, 0.15) is 24.3 Å². The number of hydrogen-bond acceptors (Lipinski definition) is 6. The van der Waals surface area contributed by atoms with E-state index in [2.05, 4.69) is 10.6 Å². The third-order valence-electron chi connectivity index (χ3n) is 7.00. The lowest BCUT2D eigenvalue weighted by molar-refractivity contribution is -0.118. The minimum Gasteiger partial charge on any atom is -0.482 e. The fraction of sp³-hybridized carbons (Fsp3) is 0.346. The second kappa shape index (κ2) is 8.94. The molecular formula is C26H25FN4O5. The zero-order valence-electron chi connectivity index (χ0n) is 19.5. The average Bonchev–Trinajstić information content (AvgIpc) is 3.44. The first-order valence-corrected chi connectivity index (χ1v) is 12.1. The van der Waals surface area contributed by atoms with Gasteiger partial charge in [-0.05, 0) is 61.2 Å². The Bertz CT molecular complexity index is 1440. The van der Waals surface area contributed by atoms with E-state index in [0.29, 0.717) is 60.8 Å². The van der Waals surface area contributed by atoms with Crippen LogP contribution in [0.5, 0.6) is 5.75 Å². The summed E-state index contributed by atoms with van der Waals surface area (Å²) in [6.07, 6.45) is 0.774. The molecule has 186 valence electrons. The van der Waals surface area contributed by atoms with E-state index in [9.17, 15) is 18.8 Å². The summed E-state index contributed by atoms with van der Waals surface area (Å²) in [7, 11) is 0. The first-order chi connectivity index (χ1) is 17.5. The molecule has 0 spiro atoms. The molecule has 3 aliphatic heterocycles. The molecular weight excluding hydrogens is 467 g/mol. The molecule has 1 aromatic heterocycles. The fourth-order valence-electron chi connectivity index (χ4n) is 5.30. The van der Waals surface area contributed by atoms with Crippen LogP contribution in [0.25, 0.3) is 10.9 Å². The van der Waals surface area contributed by atoms with Crippen molar-refractivity contribution in [2.45, 2.75) is 31.4 Å². The molecule has 10 heteroatoms. The first kappa shape index (κ1) is 22.5. The van der Waals surface area contributed by atoms with Gasteiger partial charge < -0.3 is 24.7 Å². The summed E-state index contributed by atoms with van der Waals surface area (Å²) in [5, 5.41) is 6.99. The lowest BCUT2D eigenvalue weighted by atomic mass is 9.99. The van der Waals surface area contributed by atoms with Crippen molar-refractivity contribution < 1.29 is 23.5 Å². The van der Waals surface area contributed by atoms with Gasteiger partial charge in [0.05, 0.1) is 17.7 Å². The van der Waals surface area contributed by atoms with E-state index < -0.39 is 6.09 Å². The Morgan fingerprint density at radius 2 is 1.94 bits per heavy atom. The number of ether oxygens (including phenoxy) is 2. The molecule has 2 amide bonds. The number of hydrogen-bond donors (Lipinski definition) is 2. The number of benzene rings is 2. The molecule has 36 heavy (non-hydrogen) atoms. The van der Waals surface area contributed by atoms with Crippen molar-refractivity contribution in [3.63, 3.8) is 0 Å². The highest BCUT2D eigenvalue weighted by atomic mass is 19.1. The number of fused-ring (bicyclic) bond motifs is 1. The third kappa shape index (κ3) is 3.97. The minimum absolute atomic E-state index is 0.0228. The molecule has 3 aliphatic rings. The third-order valence-corrected chi connectivity index (χ3v) is 7.00. The van der Waals surface area contributed by atoms with Crippen molar-refractivity contribution in [1.29, 1.82) is 0 Å². The maximum absolute atomic E-state index is 14.6. The van der Waals surface area contributed by atoms with Gasteiger partial charge >= 0.3 is 6.09 Å². The van der Waals surface area contributed by atoms with Crippen molar-refractivity contribution in [3.8, 4) is 5.75 Å². The van der Waals surface area contributed by atoms with E-state index >= 15 is 0 Å². The number of nitrogens with zero attached hydrogens (tertiary/aromatic N) is 2. The minimum atomic E-state index is -0.423. The van der Waals surface area contributed by atoms with Gasteiger partial charge in [-0.15, -0.1) is 0 Å². The van der Waals surface area contributed by atoms with Crippen LogP contribution in [-0.4, -0.2) is 48.9 Å². The quantitative estimate of drug-likeness (QED) is 0.492. The summed E-state index contributed by atoms with van der Waals surface area (Å²) >= 11 is 0. The summed E-state index contributed by atoms with van der Waals surface area (Å²) in [5.74, 6) is -0.0589. The maximum atomic E-state index is 14.6. The molecule has 4 heterocycles. The summed E-state index contributed by atoms with van der Waals surface area (Å²) in [6, 6.07) is 11.7. The van der Waals surface area contributed by atoms with E-state index in [0.717, 1.165) is 11.8 Å². The summed E-state index contributed by atoms with van der Waals surface area (Å²) in [6.45, 7) is 2.08. The van der Waals surface area contributed by atoms with Gasteiger partial charge in [0.15, 0.2) is 6.61 Å². The van der Waals surface area contributed by atoms with E-state index in [-0.39, 0.29) is 35.9 Å². The fourth-order valence-corrected chi connectivity index (χ4v) is 5.30. The van der Waals surface area contributed by atoms with E-state index in [4.69, 9.17) is 9.47 Å². The number of pyridine rings is 1. The molecule has 3 aromatic rings. The molecule has 0 unspecified atom stereocenters. The van der Waals surface area contributed by atoms with E-state index in [1.807, 2.05) is 0 Å². The number of aromatic nitrogens is 1. The second-order valence-electron chi connectivity index (χ2n) is 9.36. The van der Waals surface area contributed by atoms with Gasteiger partial charge in [0, 0.05) is 36.3 Å². The van der Waals surface area contributed by atoms with E-state index in [1.54, 1.807) is 39.8 Å². The van der Waals surface area contributed by atoms with Crippen LogP contribution in [0.2, 0.25) is 0 Å². The molecule has 2 aromatic carbocycles. The van der Waals surface area contributed by atoms with Gasteiger partial charge in [-0.2, -0.15) is 0 Å². The van der Waals surface area contributed by atoms with E-state index in [1.165, 1.54) is 12.1 Å². The Kier molecular flexibility index (Phi) is 5.60. The number of nitrogens with one attached hydrogen (secondary N) is 2. The van der Waals surface area contributed by atoms with Crippen molar-refractivity contribution >= 4 is 34.3 Å². The molecule has 9 nitrogen and oxygen atoms in total. The van der Waals surface area contributed by atoms with Crippen molar-refractivity contribution in [3.05, 3.63) is 64.2 Å². The van der Waals surface area contributed by atoms with Crippen LogP contribution in [-0.2, 0) is 16.1 Å². The van der Waals surface area contributed by atoms with Gasteiger partial charge in [0.1, 0.15) is 17.7 Å². The zero-order valence-corrected chi connectivity index (χ0v) is 19.5. The highest BCUT2D eigenvalue weighted by Crippen LogP contribution is 2.35. The Morgan fingerprint density at radius 1 is 1.08 bits per heavy atom. The molecule has 0 saturated carbocycles. The maximum Gasteiger partial charge on any atom is 0.414 e. The Hall–Kier alpha value is -3.92. The number of halogens is 1. The SMILES string of the molecule is O=C1COc2ccc(N3C[C@@H](CCCNC[C@H]4Cn5c(=O)ccc6ccc(F)c4c65)OC3=O)cc2N1. The van der Waals surface area contributed by atoms with Crippen molar-refractivity contribution in [2.75, 3.05) is 36.5 Å². The van der Waals surface area contributed by atoms with Crippen LogP contribution in [0.4, 0.5) is 20.6 Å². The number of cyclic esters (lactones) is 1. The van der Waals surface area contributed by atoms with Gasteiger partial charge in [-0.1, -0.05) is 0 Å². The molecule has 6 rings (SSSR count). The van der Waals surface area contributed by atoms with Crippen LogP contribution in [0.3, 0.4) is 0 Å². The smallest absolute Gasteiger partial charge is 0.414 e. The predicted molar refractivity (Wildman–Crippen MR) is 131 cm³/mol. The molecule has 2 N–H and O–H groups in total. The molecule has 0 aliphatic carbocycles. The Labute approximate surface area is 205 Å². The monoisotopic (exact) mass is 492 g/mol. The average molecular weight is 493 g/mol. The first-order valence-electron chi connectivity index (χ1n) is 12.1. The van der Waals surface area contributed by atoms with Crippen LogP contribution in [0.15, 0.2) is 47.3 Å². The molecule has 1 fully saturated rings. The van der Waals surface area contributed by atoms with Crippen molar-refractivity contribution in [1.82, 2.24) is 9.88 Å².